The highest BCUT2D eigenvalue weighted by molar-refractivity contribution is 7.14. The van der Waals surface area contributed by atoms with Crippen molar-refractivity contribution in [3.63, 3.8) is 0 Å². The van der Waals surface area contributed by atoms with Crippen molar-refractivity contribution in [3.8, 4) is 33.6 Å². The number of aliphatic carboxylic acids is 1. The van der Waals surface area contributed by atoms with Crippen molar-refractivity contribution < 1.29 is 19.5 Å². The van der Waals surface area contributed by atoms with Gasteiger partial charge in [-0.1, -0.05) is 106 Å². The average Bonchev–Trinajstić information content (AvgIpc) is 3.59. The summed E-state index contributed by atoms with van der Waals surface area (Å²) in [6.45, 7) is 11.6. The number of nitrogens with zero attached hydrogens (tertiary/aromatic N) is 2. The topological polar surface area (TPSA) is 121 Å². The van der Waals surface area contributed by atoms with Crippen molar-refractivity contribution in [2.24, 2.45) is 0 Å². The lowest BCUT2D eigenvalue weighted by Crippen LogP contribution is -2.49. The number of carboxylic acid groups (broad SMARTS) is 1. The van der Waals surface area contributed by atoms with Gasteiger partial charge in [-0.3, -0.25) is 14.4 Å². The first-order valence-corrected chi connectivity index (χ1v) is 16.4. The van der Waals surface area contributed by atoms with Crippen LogP contribution < -0.4 is 10.6 Å². The number of benzene rings is 3. The molecule has 8 nitrogen and oxygen atoms in total. The number of carbonyl (C=O) groups excluding carboxylic acids is 2. The van der Waals surface area contributed by atoms with E-state index in [0.29, 0.717) is 10.7 Å². The van der Waals surface area contributed by atoms with E-state index in [0.717, 1.165) is 49.4 Å². The van der Waals surface area contributed by atoms with E-state index in [1.807, 2.05) is 37.3 Å². The molecule has 0 saturated carbocycles. The van der Waals surface area contributed by atoms with Crippen molar-refractivity contribution in [1.82, 2.24) is 20.6 Å². The Morgan fingerprint density at radius 3 is 1.85 bits per heavy atom. The molecule has 0 aliphatic carbocycles. The Hall–Kier alpha value is -5.41. The molecule has 48 heavy (non-hydrogen) atoms. The van der Waals surface area contributed by atoms with Crippen LogP contribution in [0.2, 0.25) is 0 Å². The fraction of sp³-hybridized carbons (Fsp3) is 0.205. The van der Waals surface area contributed by atoms with E-state index in [2.05, 4.69) is 96.5 Å². The Morgan fingerprint density at radius 2 is 1.33 bits per heavy atom. The number of hydrogen-bond acceptors (Lipinski definition) is 6. The van der Waals surface area contributed by atoms with E-state index >= 15 is 0 Å². The quantitative estimate of drug-likeness (QED) is 0.136. The maximum atomic E-state index is 13.1. The molecule has 0 bridgehead atoms. The minimum atomic E-state index is -1.17. The molecule has 5 rings (SSSR count). The summed E-state index contributed by atoms with van der Waals surface area (Å²) in [6, 6.07) is 26.7. The van der Waals surface area contributed by atoms with Crippen molar-refractivity contribution in [2.45, 2.75) is 45.6 Å². The third kappa shape index (κ3) is 8.49. The predicted molar refractivity (Wildman–Crippen MR) is 192 cm³/mol. The van der Waals surface area contributed by atoms with Crippen molar-refractivity contribution >= 4 is 34.7 Å². The fourth-order valence-corrected chi connectivity index (χ4v) is 6.01. The van der Waals surface area contributed by atoms with Gasteiger partial charge < -0.3 is 15.7 Å². The van der Waals surface area contributed by atoms with Crippen LogP contribution in [0.1, 0.15) is 53.4 Å². The Bertz CT molecular complexity index is 1920. The minimum absolute atomic E-state index is 0.114. The van der Waals surface area contributed by atoms with Gasteiger partial charge in [0.25, 0.3) is 5.91 Å². The van der Waals surface area contributed by atoms with Gasteiger partial charge in [0.1, 0.15) is 12.6 Å². The molecule has 3 aromatic carbocycles. The maximum absolute atomic E-state index is 13.1. The van der Waals surface area contributed by atoms with Crippen LogP contribution in [0, 0.1) is 0 Å². The van der Waals surface area contributed by atoms with Crippen molar-refractivity contribution in [1.29, 1.82) is 0 Å². The SMILES string of the molecule is C=C(C)c1ccc(-c2ccc(-c3cnc(-c4ccc(CC(NC(=O)c5ccc(C(C)(C)C)s5)C(=O)NCC(=O)O)cc4)nc3)cc2)cc1. The van der Waals surface area contributed by atoms with Crippen molar-refractivity contribution in [3.05, 3.63) is 125 Å². The van der Waals surface area contributed by atoms with Gasteiger partial charge in [-0.05, 0) is 52.3 Å². The monoisotopic (exact) mass is 658 g/mol. The molecule has 0 aliphatic rings. The largest absolute Gasteiger partial charge is 0.480 e. The molecule has 244 valence electrons. The Balaban J connectivity index is 1.26. The molecule has 1 unspecified atom stereocenters. The first-order valence-electron chi connectivity index (χ1n) is 15.6. The number of rotatable bonds is 11. The number of hydrogen-bond donors (Lipinski definition) is 3. The predicted octanol–water partition coefficient (Wildman–Crippen LogP) is 7.41. The summed E-state index contributed by atoms with van der Waals surface area (Å²) in [7, 11) is 0. The lowest BCUT2D eigenvalue weighted by Gasteiger charge is -2.18. The van der Waals surface area contributed by atoms with E-state index < -0.39 is 24.5 Å². The summed E-state index contributed by atoms with van der Waals surface area (Å²) < 4.78 is 0. The molecule has 0 spiro atoms. The summed E-state index contributed by atoms with van der Waals surface area (Å²) in [6.07, 6.45) is 3.75. The standard InChI is InChI=1S/C39H38N4O4S/c1-24(2)26-10-12-27(13-11-26)28-14-16-29(17-15-28)31-21-40-36(41-22-31)30-8-6-25(7-9-30)20-32(37(46)42-23-35(44)45)43-38(47)33-18-19-34(48-33)39(3,4)5/h6-19,21-22,32H,1,20,23H2,2-5H3,(H,42,46)(H,43,47)(H,44,45). The van der Waals surface area contributed by atoms with Crippen LogP contribution in [-0.4, -0.2) is 45.4 Å². The lowest BCUT2D eigenvalue weighted by molar-refractivity contribution is -0.138. The zero-order valence-corrected chi connectivity index (χ0v) is 28.2. The number of amides is 2. The number of thiophene rings is 1. The summed E-state index contributed by atoms with van der Waals surface area (Å²) in [5.41, 5.74) is 7.77. The van der Waals surface area contributed by atoms with Crippen LogP contribution >= 0.6 is 11.3 Å². The second-order valence-electron chi connectivity index (χ2n) is 12.7. The van der Waals surface area contributed by atoms with Crippen LogP contribution in [0.15, 0.2) is 104 Å². The van der Waals surface area contributed by atoms with E-state index in [1.54, 1.807) is 18.5 Å². The summed E-state index contributed by atoms with van der Waals surface area (Å²) in [4.78, 5) is 47.8. The molecule has 3 N–H and O–H groups in total. The maximum Gasteiger partial charge on any atom is 0.322 e. The smallest absolute Gasteiger partial charge is 0.322 e. The molecule has 2 amide bonds. The zero-order chi connectivity index (χ0) is 34.4. The third-order valence-corrected chi connectivity index (χ3v) is 9.35. The molecule has 0 fully saturated rings. The van der Waals surface area contributed by atoms with E-state index in [9.17, 15) is 14.4 Å². The molecule has 0 radical (unpaired) electrons. The molecule has 5 aromatic rings. The molecular weight excluding hydrogens is 621 g/mol. The van der Waals surface area contributed by atoms with Gasteiger partial charge in [-0.2, -0.15) is 0 Å². The molecule has 2 heterocycles. The second kappa shape index (κ2) is 14.6. The number of allylic oxidation sites excluding steroid dienone is 1. The summed E-state index contributed by atoms with van der Waals surface area (Å²) in [5, 5.41) is 14.2. The number of aromatic nitrogens is 2. The molecule has 9 heteroatoms. The third-order valence-electron chi connectivity index (χ3n) is 7.84. The number of nitrogens with one attached hydrogen (secondary N) is 2. The van der Waals surface area contributed by atoms with Crippen LogP contribution in [-0.2, 0) is 21.4 Å². The van der Waals surface area contributed by atoms with Gasteiger partial charge in [0.2, 0.25) is 5.91 Å². The highest BCUT2D eigenvalue weighted by Gasteiger charge is 2.25. The van der Waals surface area contributed by atoms with Gasteiger partial charge in [-0.15, -0.1) is 11.3 Å². The van der Waals surface area contributed by atoms with Gasteiger partial charge in [0, 0.05) is 34.8 Å². The van der Waals surface area contributed by atoms with Crippen molar-refractivity contribution in [2.75, 3.05) is 6.54 Å². The Morgan fingerprint density at radius 1 is 0.792 bits per heavy atom. The number of carboxylic acids is 1. The van der Waals surface area contributed by atoms with Gasteiger partial charge in [0.05, 0.1) is 4.88 Å². The summed E-state index contributed by atoms with van der Waals surface area (Å²) in [5.74, 6) is -1.58. The molecule has 2 aromatic heterocycles. The van der Waals surface area contributed by atoms with E-state index in [-0.39, 0.29) is 17.7 Å². The molecule has 0 saturated heterocycles. The van der Waals surface area contributed by atoms with Gasteiger partial charge >= 0.3 is 5.97 Å². The zero-order valence-electron chi connectivity index (χ0n) is 27.4. The Labute approximate surface area is 284 Å². The number of carbonyl (C=O) groups is 3. The van der Waals surface area contributed by atoms with Gasteiger partial charge in [0.15, 0.2) is 5.82 Å². The van der Waals surface area contributed by atoms with Gasteiger partial charge in [-0.25, -0.2) is 9.97 Å². The van der Waals surface area contributed by atoms with Crippen LogP contribution in [0.4, 0.5) is 0 Å². The lowest BCUT2D eigenvalue weighted by atomic mass is 9.95. The normalized spacial score (nSPS) is 11.8. The fourth-order valence-electron chi connectivity index (χ4n) is 5.04. The second-order valence-corrected chi connectivity index (χ2v) is 13.8. The highest BCUT2D eigenvalue weighted by atomic mass is 32.1. The summed E-state index contributed by atoms with van der Waals surface area (Å²) >= 11 is 1.37. The van der Waals surface area contributed by atoms with E-state index in [4.69, 9.17) is 5.11 Å². The van der Waals surface area contributed by atoms with Crippen LogP contribution in [0.25, 0.3) is 39.2 Å². The first kappa shape index (κ1) is 33.9. The minimum Gasteiger partial charge on any atom is -0.480 e. The molecule has 0 aliphatic heterocycles. The Kier molecular flexibility index (Phi) is 10.3. The van der Waals surface area contributed by atoms with Crippen LogP contribution in [0.5, 0.6) is 0 Å². The first-order chi connectivity index (χ1) is 22.9. The molecular formula is C39H38N4O4S. The molecule has 1 atom stereocenters. The van der Waals surface area contributed by atoms with E-state index in [1.165, 1.54) is 11.3 Å². The highest BCUT2D eigenvalue weighted by Crippen LogP contribution is 2.30. The average molecular weight is 659 g/mol. The van der Waals surface area contributed by atoms with Crippen LogP contribution in [0.3, 0.4) is 0 Å².